The summed E-state index contributed by atoms with van der Waals surface area (Å²) in [5.41, 5.74) is 3.16. The van der Waals surface area contributed by atoms with Crippen LogP contribution in [0.25, 0.3) is 6.08 Å². The third-order valence-electron chi connectivity index (χ3n) is 5.13. The molecule has 148 valence electrons. The van der Waals surface area contributed by atoms with E-state index in [1.54, 1.807) is 13.8 Å². The lowest BCUT2D eigenvalue weighted by Gasteiger charge is -2.19. The summed E-state index contributed by atoms with van der Waals surface area (Å²) in [7, 11) is 0. The number of aryl methyl sites for hydroxylation is 1. The minimum atomic E-state index is -0.947. The zero-order valence-corrected chi connectivity index (χ0v) is 16.9. The highest BCUT2D eigenvalue weighted by Crippen LogP contribution is 2.24. The maximum absolute atomic E-state index is 12.8. The number of nitrogens with zero attached hydrogens (tertiary/aromatic N) is 1. The van der Waals surface area contributed by atoms with Crippen molar-refractivity contribution in [1.29, 1.82) is 0 Å². The minimum absolute atomic E-state index is 0.00592. The summed E-state index contributed by atoms with van der Waals surface area (Å²) >= 11 is 0. The number of hydrogen-bond acceptors (Lipinski definition) is 2. The van der Waals surface area contributed by atoms with E-state index in [2.05, 4.69) is 0 Å². The second-order valence-corrected chi connectivity index (χ2v) is 7.70. The maximum atomic E-state index is 12.8. The molecule has 29 heavy (non-hydrogen) atoms. The van der Waals surface area contributed by atoms with Gasteiger partial charge in [-0.15, -0.1) is 0 Å². The van der Waals surface area contributed by atoms with Crippen LogP contribution < -0.4 is 0 Å². The lowest BCUT2D eigenvalue weighted by Crippen LogP contribution is -2.28. The molecular weight excluding hydrogens is 362 g/mol. The number of ketones is 1. The molecule has 4 heteroatoms. The van der Waals surface area contributed by atoms with Crippen molar-refractivity contribution in [2.75, 3.05) is 0 Å². The van der Waals surface area contributed by atoms with Crippen LogP contribution in [-0.4, -0.2) is 21.4 Å². The van der Waals surface area contributed by atoms with Crippen LogP contribution in [0.15, 0.2) is 72.9 Å². The first-order valence-corrected chi connectivity index (χ1v) is 9.56. The van der Waals surface area contributed by atoms with Gasteiger partial charge in [-0.05, 0) is 44.0 Å². The average molecular weight is 387 g/mol. The molecule has 0 atom stereocenters. The van der Waals surface area contributed by atoms with Gasteiger partial charge in [0.05, 0.1) is 11.1 Å². The first-order chi connectivity index (χ1) is 13.8. The topological polar surface area (TPSA) is 59.3 Å². The van der Waals surface area contributed by atoms with Crippen molar-refractivity contribution in [3.8, 4) is 0 Å². The highest BCUT2D eigenvalue weighted by molar-refractivity contribution is 6.08. The van der Waals surface area contributed by atoms with Gasteiger partial charge in [-0.3, -0.25) is 9.59 Å². The Kier molecular flexibility index (Phi) is 5.83. The smallest absolute Gasteiger partial charge is 0.313 e. The van der Waals surface area contributed by atoms with E-state index >= 15 is 0 Å². The Morgan fingerprint density at radius 1 is 1.03 bits per heavy atom. The number of benzene rings is 2. The van der Waals surface area contributed by atoms with Crippen LogP contribution in [0.4, 0.5) is 0 Å². The predicted octanol–water partition coefficient (Wildman–Crippen LogP) is 5.10. The maximum Gasteiger partial charge on any atom is 0.313 e. The number of rotatable bonds is 7. The van der Waals surface area contributed by atoms with Crippen molar-refractivity contribution in [1.82, 2.24) is 4.57 Å². The van der Waals surface area contributed by atoms with Gasteiger partial charge in [0, 0.05) is 18.3 Å². The Hall–Kier alpha value is -3.40. The quantitative estimate of drug-likeness (QED) is 0.574. The molecule has 0 unspecified atom stereocenters. The van der Waals surface area contributed by atoms with Crippen LogP contribution in [0.2, 0.25) is 0 Å². The molecule has 1 N–H and O–H groups in total. The lowest BCUT2D eigenvalue weighted by atomic mass is 9.84. The van der Waals surface area contributed by atoms with Gasteiger partial charge in [0.25, 0.3) is 0 Å². The molecule has 1 heterocycles. The highest BCUT2D eigenvalue weighted by atomic mass is 16.4. The van der Waals surface area contributed by atoms with Gasteiger partial charge in [0.1, 0.15) is 0 Å². The van der Waals surface area contributed by atoms with E-state index in [1.165, 1.54) is 0 Å². The zero-order valence-electron chi connectivity index (χ0n) is 16.9. The third kappa shape index (κ3) is 4.54. The number of allylic oxidation sites excluding steroid dienone is 1. The molecule has 0 radical (unpaired) electrons. The minimum Gasteiger partial charge on any atom is -0.481 e. The first-order valence-electron chi connectivity index (χ1n) is 9.56. The number of carbonyl (C=O) groups excluding carboxylic acids is 1. The van der Waals surface area contributed by atoms with Crippen molar-refractivity contribution in [2.45, 2.75) is 32.7 Å². The molecule has 0 fully saturated rings. The van der Waals surface area contributed by atoms with Crippen LogP contribution in [0.1, 0.15) is 46.6 Å². The van der Waals surface area contributed by atoms with Crippen molar-refractivity contribution in [2.24, 2.45) is 0 Å². The van der Waals surface area contributed by atoms with Crippen LogP contribution in [0, 0.1) is 6.92 Å². The Bertz CT molecular complexity index is 1060. The van der Waals surface area contributed by atoms with Gasteiger partial charge >= 0.3 is 5.97 Å². The summed E-state index contributed by atoms with van der Waals surface area (Å²) in [5, 5.41) is 9.43. The summed E-state index contributed by atoms with van der Waals surface area (Å²) in [6.45, 7) is 5.93. The monoisotopic (exact) mass is 387 g/mol. The van der Waals surface area contributed by atoms with Gasteiger partial charge in [-0.1, -0.05) is 66.2 Å². The fourth-order valence-electron chi connectivity index (χ4n) is 3.09. The fraction of sp³-hybridized carbons (Fsp3) is 0.200. The van der Waals surface area contributed by atoms with Crippen LogP contribution >= 0.6 is 0 Å². The summed E-state index contributed by atoms with van der Waals surface area (Å²) in [4.78, 5) is 24.3. The number of carboxylic acid groups (broad SMARTS) is 1. The number of carbonyl (C=O) groups is 2. The van der Waals surface area contributed by atoms with Gasteiger partial charge in [-0.2, -0.15) is 0 Å². The van der Waals surface area contributed by atoms with Crippen LogP contribution in [0.5, 0.6) is 0 Å². The molecule has 0 bridgehead atoms. The summed E-state index contributed by atoms with van der Waals surface area (Å²) in [5.74, 6) is -0.862. The molecule has 4 nitrogen and oxygen atoms in total. The van der Waals surface area contributed by atoms with E-state index in [0.29, 0.717) is 17.8 Å². The van der Waals surface area contributed by atoms with E-state index in [4.69, 9.17) is 0 Å². The zero-order chi connectivity index (χ0) is 21.0. The molecule has 3 rings (SSSR count). The Labute approximate surface area is 171 Å². The van der Waals surface area contributed by atoms with Crippen molar-refractivity contribution in [3.63, 3.8) is 0 Å². The van der Waals surface area contributed by atoms with Crippen LogP contribution in [-0.2, 0) is 16.8 Å². The SMILES string of the molecule is Cc1ccc(C(=O)c2cccn2C/C=C/c2cccc(C(C)(C)C(=O)O)c2)cc1. The fourth-order valence-corrected chi connectivity index (χ4v) is 3.09. The van der Waals surface area contributed by atoms with Crippen molar-refractivity contribution in [3.05, 3.63) is 101 Å². The number of hydrogen-bond donors (Lipinski definition) is 1. The molecule has 1 aromatic heterocycles. The van der Waals surface area contributed by atoms with E-state index < -0.39 is 11.4 Å². The summed E-state index contributed by atoms with van der Waals surface area (Å²) in [6, 6.07) is 18.8. The number of aromatic nitrogens is 1. The van der Waals surface area contributed by atoms with Crippen molar-refractivity contribution >= 4 is 17.8 Å². The molecule has 0 aliphatic carbocycles. The predicted molar refractivity (Wildman–Crippen MR) is 115 cm³/mol. The van der Waals surface area contributed by atoms with Gasteiger partial charge < -0.3 is 9.67 Å². The third-order valence-corrected chi connectivity index (χ3v) is 5.13. The van der Waals surface area contributed by atoms with Gasteiger partial charge in [0.15, 0.2) is 0 Å². The molecule has 0 aliphatic rings. The van der Waals surface area contributed by atoms with Crippen molar-refractivity contribution < 1.29 is 14.7 Å². The summed E-state index contributed by atoms with van der Waals surface area (Å²) < 4.78 is 1.91. The Morgan fingerprint density at radius 2 is 1.76 bits per heavy atom. The molecule has 3 aromatic rings. The second-order valence-electron chi connectivity index (χ2n) is 7.70. The standard InChI is InChI=1S/C25H25NO3/c1-18-11-13-20(14-12-18)23(27)22-10-6-16-26(22)15-5-8-19-7-4-9-21(17-19)25(2,3)24(28)29/h4-14,16-17H,15H2,1-3H3,(H,28,29)/b8-5+. The first kappa shape index (κ1) is 20.3. The molecular formula is C25H25NO3. The second kappa shape index (κ2) is 8.31. The lowest BCUT2D eigenvalue weighted by molar-refractivity contribution is -0.142. The molecule has 0 saturated heterocycles. The van der Waals surface area contributed by atoms with E-state index in [-0.39, 0.29) is 5.78 Å². The van der Waals surface area contributed by atoms with E-state index in [9.17, 15) is 14.7 Å². The molecule has 0 amide bonds. The molecule has 2 aromatic carbocycles. The number of carboxylic acids is 1. The van der Waals surface area contributed by atoms with E-state index in [1.807, 2.05) is 90.5 Å². The van der Waals surface area contributed by atoms with Gasteiger partial charge in [0.2, 0.25) is 5.78 Å². The summed E-state index contributed by atoms with van der Waals surface area (Å²) in [6.07, 6.45) is 5.80. The largest absolute Gasteiger partial charge is 0.481 e. The molecule has 0 spiro atoms. The van der Waals surface area contributed by atoms with E-state index in [0.717, 1.165) is 16.7 Å². The average Bonchev–Trinajstić information content (AvgIpc) is 3.16. The number of aliphatic carboxylic acids is 1. The van der Waals surface area contributed by atoms with Crippen LogP contribution in [0.3, 0.4) is 0 Å². The molecule has 0 aliphatic heterocycles. The normalized spacial score (nSPS) is 11.7. The molecule has 0 saturated carbocycles. The highest BCUT2D eigenvalue weighted by Gasteiger charge is 2.29. The van der Waals surface area contributed by atoms with Gasteiger partial charge in [-0.25, -0.2) is 0 Å². The Balaban J connectivity index is 1.76. The Morgan fingerprint density at radius 3 is 2.45 bits per heavy atom.